The number of hydrogen-bond acceptors (Lipinski definition) is 2. The first-order valence-electron chi connectivity index (χ1n) is 5.57. The summed E-state index contributed by atoms with van der Waals surface area (Å²) in [6.07, 6.45) is 3.97. The van der Waals surface area contributed by atoms with Crippen LogP contribution < -0.4 is 0 Å². The molecule has 0 aliphatic heterocycles. The first-order valence-corrected chi connectivity index (χ1v) is 5.57. The Kier molecular flexibility index (Phi) is 2.84. The highest BCUT2D eigenvalue weighted by molar-refractivity contribution is 6.12. The standard InChI is InChI=1S/C14H14O3/c1-10-2-4-11(5-3-10)6-7-12(15)14(8-9-14)13(16)17/h2-7H,8-9H2,1H3,(H,16,17)/b7-6+. The van der Waals surface area contributed by atoms with Crippen LogP contribution in [-0.2, 0) is 9.59 Å². The lowest BCUT2D eigenvalue weighted by molar-refractivity contribution is -0.146. The molecule has 1 aromatic rings. The summed E-state index contributed by atoms with van der Waals surface area (Å²) in [4.78, 5) is 22.7. The molecule has 3 nitrogen and oxygen atoms in total. The van der Waals surface area contributed by atoms with Gasteiger partial charge < -0.3 is 5.11 Å². The molecule has 0 aromatic heterocycles. The normalized spacial score (nSPS) is 17.0. The van der Waals surface area contributed by atoms with Crippen LogP contribution in [0.2, 0.25) is 0 Å². The van der Waals surface area contributed by atoms with E-state index in [9.17, 15) is 9.59 Å². The summed E-state index contributed by atoms with van der Waals surface area (Å²) in [5.41, 5.74) is 0.934. The van der Waals surface area contributed by atoms with Crippen LogP contribution in [0, 0.1) is 12.3 Å². The molecule has 0 radical (unpaired) electrons. The Balaban J connectivity index is 2.09. The Bertz CT molecular complexity index is 479. The van der Waals surface area contributed by atoms with Crippen molar-refractivity contribution in [2.75, 3.05) is 0 Å². The monoisotopic (exact) mass is 230 g/mol. The number of hydrogen-bond donors (Lipinski definition) is 1. The molecular weight excluding hydrogens is 216 g/mol. The molecule has 1 saturated carbocycles. The quantitative estimate of drug-likeness (QED) is 0.638. The Hall–Kier alpha value is -1.90. The molecule has 88 valence electrons. The fourth-order valence-electron chi connectivity index (χ4n) is 1.70. The lowest BCUT2D eigenvalue weighted by Gasteiger charge is -2.03. The number of ketones is 1. The molecule has 0 atom stereocenters. The van der Waals surface area contributed by atoms with Crippen molar-refractivity contribution < 1.29 is 14.7 Å². The van der Waals surface area contributed by atoms with E-state index in [2.05, 4.69) is 0 Å². The summed E-state index contributed by atoms with van der Waals surface area (Å²) in [7, 11) is 0. The van der Waals surface area contributed by atoms with E-state index < -0.39 is 11.4 Å². The third-order valence-electron chi connectivity index (χ3n) is 3.14. The Morgan fingerprint density at radius 2 is 1.82 bits per heavy atom. The Labute approximate surface area is 99.8 Å². The number of rotatable bonds is 4. The van der Waals surface area contributed by atoms with E-state index in [0.29, 0.717) is 12.8 Å². The van der Waals surface area contributed by atoms with Crippen molar-refractivity contribution in [1.29, 1.82) is 0 Å². The summed E-state index contributed by atoms with van der Waals surface area (Å²) < 4.78 is 0. The van der Waals surface area contributed by atoms with Crippen molar-refractivity contribution in [3.8, 4) is 0 Å². The van der Waals surface area contributed by atoms with Crippen LogP contribution in [0.15, 0.2) is 30.3 Å². The summed E-state index contributed by atoms with van der Waals surface area (Å²) in [6, 6.07) is 7.71. The second-order valence-electron chi connectivity index (χ2n) is 4.50. The van der Waals surface area contributed by atoms with Gasteiger partial charge in [-0.15, -0.1) is 0 Å². The fourth-order valence-corrected chi connectivity index (χ4v) is 1.70. The zero-order chi connectivity index (χ0) is 12.5. The SMILES string of the molecule is Cc1ccc(/C=C/C(=O)C2(C(=O)O)CC2)cc1. The van der Waals surface area contributed by atoms with E-state index in [1.807, 2.05) is 31.2 Å². The van der Waals surface area contributed by atoms with Crippen molar-refractivity contribution in [3.63, 3.8) is 0 Å². The van der Waals surface area contributed by atoms with E-state index in [-0.39, 0.29) is 5.78 Å². The number of carbonyl (C=O) groups excluding carboxylic acids is 1. The maximum atomic E-state index is 11.7. The molecule has 0 amide bonds. The molecule has 17 heavy (non-hydrogen) atoms. The van der Waals surface area contributed by atoms with Crippen LogP contribution in [0.4, 0.5) is 0 Å². The summed E-state index contributed by atoms with van der Waals surface area (Å²) in [5, 5.41) is 8.95. The molecule has 0 spiro atoms. The molecule has 0 unspecified atom stereocenters. The average molecular weight is 230 g/mol. The van der Waals surface area contributed by atoms with E-state index in [1.165, 1.54) is 6.08 Å². The summed E-state index contributed by atoms with van der Waals surface area (Å²) in [6.45, 7) is 1.99. The van der Waals surface area contributed by atoms with E-state index in [1.54, 1.807) is 6.08 Å². The second kappa shape index (κ2) is 4.17. The van der Waals surface area contributed by atoms with Crippen molar-refractivity contribution >= 4 is 17.8 Å². The van der Waals surface area contributed by atoms with E-state index in [0.717, 1.165) is 11.1 Å². The van der Waals surface area contributed by atoms with Crippen LogP contribution in [0.3, 0.4) is 0 Å². The van der Waals surface area contributed by atoms with Gasteiger partial charge in [-0.1, -0.05) is 35.9 Å². The van der Waals surface area contributed by atoms with Crippen molar-refractivity contribution in [2.24, 2.45) is 5.41 Å². The maximum absolute atomic E-state index is 11.7. The predicted octanol–water partition coefficient (Wildman–Crippen LogP) is 2.44. The van der Waals surface area contributed by atoms with Gasteiger partial charge in [0.25, 0.3) is 0 Å². The molecule has 0 bridgehead atoms. The molecule has 0 heterocycles. The summed E-state index contributed by atoms with van der Waals surface area (Å²) >= 11 is 0. The van der Waals surface area contributed by atoms with Gasteiger partial charge in [-0.25, -0.2) is 0 Å². The highest BCUT2D eigenvalue weighted by Gasteiger charge is 2.55. The fraction of sp³-hybridized carbons (Fsp3) is 0.286. The van der Waals surface area contributed by atoms with E-state index in [4.69, 9.17) is 5.11 Å². The van der Waals surface area contributed by atoms with Crippen molar-refractivity contribution in [1.82, 2.24) is 0 Å². The Morgan fingerprint density at radius 1 is 1.24 bits per heavy atom. The predicted molar refractivity (Wildman–Crippen MR) is 64.5 cm³/mol. The van der Waals surface area contributed by atoms with Crippen LogP contribution in [0.5, 0.6) is 0 Å². The third-order valence-corrected chi connectivity index (χ3v) is 3.14. The topological polar surface area (TPSA) is 54.4 Å². The first kappa shape index (κ1) is 11.6. The average Bonchev–Trinajstić information content (AvgIpc) is 3.09. The van der Waals surface area contributed by atoms with Crippen molar-refractivity contribution in [3.05, 3.63) is 41.5 Å². The number of allylic oxidation sites excluding steroid dienone is 1. The van der Waals surface area contributed by atoms with Gasteiger partial charge in [0.2, 0.25) is 0 Å². The molecule has 1 N–H and O–H groups in total. The number of aryl methyl sites for hydroxylation is 1. The number of carbonyl (C=O) groups is 2. The minimum absolute atomic E-state index is 0.300. The van der Waals surface area contributed by atoms with Gasteiger partial charge in [0.1, 0.15) is 5.41 Å². The van der Waals surface area contributed by atoms with Gasteiger partial charge in [-0.2, -0.15) is 0 Å². The van der Waals surface area contributed by atoms with Crippen molar-refractivity contribution in [2.45, 2.75) is 19.8 Å². The second-order valence-corrected chi connectivity index (χ2v) is 4.50. The lowest BCUT2D eigenvalue weighted by atomic mass is 10.0. The number of carboxylic acid groups (broad SMARTS) is 1. The minimum atomic E-state index is -1.12. The van der Waals surface area contributed by atoms with Crippen LogP contribution >= 0.6 is 0 Å². The molecule has 1 aromatic carbocycles. The molecule has 0 saturated heterocycles. The van der Waals surface area contributed by atoms with Gasteiger partial charge >= 0.3 is 5.97 Å². The summed E-state index contributed by atoms with van der Waals surface area (Å²) in [5.74, 6) is -1.30. The number of benzene rings is 1. The van der Waals surface area contributed by atoms with Gasteiger partial charge in [-0.3, -0.25) is 9.59 Å². The Morgan fingerprint density at radius 3 is 2.29 bits per heavy atom. The molecule has 2 rings (SSSR count). The van der Waals surface area contributed by atoms with Gasteiger partial charge in [0, 0.05) is 0 Å². The van der Waals surface area contributed by atoms with Crippen LogP contribution in [0.1, 0.15) is 24.0 Å². The molecule has 1 aliphatic carbocycles. The maximum Gasteiger partial charge on any atom is 0.317 e. The third kappa shape index (κ3) is 2.28. The van der Waals surface area contributed by atoms with E-state index >= 15 is 0 Å². The molecule has 3 heteroatoms. The van der Waals surface area contributed by atoms with Crippen LogP contribution in [0.25, 0.3) is 6.08 Å². The van der Waals surface area contributed by atoms with Crippen LogP contribution in [-0.4, -0.2) is 16.9 Å². The molecule has 1 fully saturated rings. The highest BCUT2D eigenvalue weighted by atomic mass is 16.4. The highest BCUT2D eigenvalue weighted by Crippen LogP contribution is 2.47. The number of aliphatic carboxylic acids is 1. The van der Waals surface area contributed by atoms with Gasteiger partial charge in [-0.05, 0) is 31.4 Å². The molecule has 1 aliphatic rings. The lowest BCUT2D eigenvalue weighted by Crippen LogP contribution is -2.23. The van der Waals surface area contributed by atoms with Gasteiger partial charge in [0.05, 0.1) is 0 Å². The molecular formula is C14H14O3. The largest absolute Gasteiger partial charge is 0.480 e. The zero-order valence-corrected chi connectivity index (χ0v) is 9.64. The zero-order valence-electron chi connectivity index (χ0n) is 9.64. The smallest absolute Gasteiger partial charge is 0.317 e. The number of carboxylic acids is 1. The van der Waals surface area contributed by atoms with Gasteiger partial charge in [0.15, 0.2) is 5.78 Å². The first-order chi connectivity index (χ1) is 8.04. The minimum Gasteiger partial charge on any atom is -0.480 e.